The summed E-state index contributed by atoms with van der Waals surface area (Å²) < 4.78 is 0. The van der Waals surface area contributed by atoms with Gasteiger partial charge in [0.2, 0.25) is 0 Å². The molecule has 0 saturated heterocycles. The molecule has 8 heavy (non-hydrogen) atoms. The molecule has 0 unspecified atom stereocenters. The average molecular weight is 110 g/mol. The summed E-state index contributed by atoms with van der Waals surface area (Å²) in [5, 5.41) is 7.51. The molecule has 0 heterocycles. The number of nitriles is 1. The second kappa shape index (κ2) is 16.8. The van der Waals surface area contributed by atoms with E-state index in [2.05, 4.69) is 13.2 Å². The van der Waals surface area contributed by atoms with E-state index in [0.717, 1.165) is 0 Å². The van der Waals surface area contributed by atoms with Crippen LogP contribution in [-0.4, -0.2) is 6.54 Å². The lowest BCUT2D eigenvalue weighted by Crippen LogP contribution is -1.90. The molecular weight excluding hydrogens is 100 g/mol. The summed E-state index contributed by atoms with van der Waals surface area (Å²) in [7, 11) is 0. The van der Waals surface area contributed by atoms with Crippen molar-refractivity contribution in [2.75, 3.05) is 6.54 Å². The Morgan fingerprint density at radius 3 is 1.88 bits per heavy atom. The van der Waals surface area contributed by atoms with E-state index in [4.69, 9.17) is 11.0 Å². The molecule has 2 nitrogen and oxygen atoms in total. The van der Waals surface area contributed by atoms with Gasteiger partial charge in [-0.3, -0.25) is 0 Å². The van der Waals surface area contributed by atoms with E-state index < -0.39 is 0 Å². The van der Waals surface area contributed by atoms with Gasteiger partial charge in [-0.15, -0.1) is 6.58 Å². The number of hydrogen-bond donors (Lipinski definition) is 1. The quantitative estimate of drug-likeness (QED) is 0.401. The Hall–Kier alpha value is -1.07. The molecule has 2 N–H and O–H groups in total. The van der Waals surface area contributed by atoms with E-state index in [1.807, 2.05) is 0 Å². The third kappa shape index (κ3) is 88.0. The second-order valence-corrected chi connectivity index (χ2v) is 0.858. The first-order chi connectivity index (χ1) is 3.83. The van der Waals surface area contributed by atoms with Crippen LogP contribution in [-0.2, 0) is 0 Å². The zero-order valence-electron chi connectivity index (χ0n) is 4.80. The molecule has 0 aromatic rings. The predicted octanol–water partition coefficient (Wildman–Crippen LogP) is 0.827. The normalized spacial score (nSPS) is 5.00. The molecule has 0 bridgehead atoms. The minimum absolute atomic E-state index is 0.583. The fourth-order valence-corrected chi connectivity index (χ4v) is 0. The molecule has 0 fully saturated rings. The largest absolute Gasteiger partial charge is 0.327 e. The highest BCUT2D eigenvalue weighted by molar-refractivity contribution is 4.93. The van der Waals surface area contributed by atoms with Crippen LogP contribution in [0.1, 0.15) is 0 Å². The van der Waals surface area contributed by atoms with Crippen LogP contribution in [0.3, 0.4) is 0 Å². The zero-order chi connectivity index (χ0) is 6.83. The first kappa shape index (κ1) is 10.0. The monoisotopic (exact) mass is 110 g/mol. The van der Waals surface area contributed by atoms with Gasteiger partial charge >= 0.3 is 0 Å². The molecule has 0 radical (unpaired) electrons. The topological polar surface area (TPSA) is 49.8 Å². The SMILES string of the molecule is C=CC#N.C=CCN. The van der Waals surface area contributed by atoms with Crippen LogP contribution in [0.4, 0.5) is 0 Å². The number of nitrogens with two attached hydrogens (primary N) is 1. The van der Waals surface area contributed by atoms with E-state index >= 15 is 0 Å². The van der Waals surface area contributed by atoms with Crippen LogP contribution in [0.25, 0.3) is 0 Å². The summed E-state index contributed by atoms with van der Waals surface area (Å²) in [6, 6.07) is 1.69. The summed E-state index contributed by atoms with van der Waals surface area (Å²) in [6.45, 7) is 7.06. The van der Waals surface area contributed by atoms with Crippen molar-refractivity contribution in [3.05, 3.63) is 25.3 Å². The van der Waals surface area contributed by atoms with Crippen molar-refractivity contribution in [2.45, 2.75) is 0 Å². The zero-order valence-corrected chi connectivity index (χ0v) is 4.80. The molecule has 0 aromatic heterocycles. The van der Waals surface area contributed by atoms with Gasteiger partial charge in [0.15, 0.2) is 0 Å². The Labute approximate surface area is 49.9 Å². The Bertz CT molecular complexity index is 89.2. The van der Waals surface area contributed by atoms with Crippen LogP contribution in [0, 0.1) is 11.3 Å². The molecule has 0 aromatic carbocycles. The highest BCUT2D eigenvalue weighted by Gasteiger charge is 1.43. The van der Waals surface area contributed by atoms with Crippen molar-refractivity contribution in [1.82, 2.24) is 0 Å². The van der Waals surface area contributed by atoms with Crippen molar-refractivity contribution in [3.8, 4) is 6.07 Å². The van der Waals surface area contributed by atoms with Gasteiger partial charge < -0.3 is 5.73 Å². The van der Waals surface area contributed by atoms with E-state index in [0.29, 0.717) is 6.54 Å². The molecule has 0 spiro atoms. The Morgan fingerprint density at radius 2 is 1.88 bits per heavy atom. The van der Waals surface area contributed by atoms with Crippen molar-refractivity contribution in [2.24, 2.45) is 5.73 Å². The second-order valence-electron chi connectivity index (χ2n) is 0.858. The van der Waals surface area contributed by atoms with Gasteiger partial charge in [-0.1, -0.05) is 12.7 Å². The lowest BCUT2D eigenvalue weighted by Gasteiger charge is -1.61. The molecule has 0 atom stereocenters. The molecule has 2 heteroatoms. The van der Waals surface area contributed by atoms with Gasteiger partial charge in [-0.05, 0) is 0 Å². The number of nitrogens with zero attached hydrogens (tertiary/aromatic N) is 1. The van der Waals surface area contributed by atoms with Gasteiger partial charge in [0.25, 0.3) is 0 Å². The molecule has 0 amide bonds. The molecule has 0 aliphatic carbocycles. The number of hydrogen-bond acceptors (Lipinski definition) is 2. The van der Waals surface area contributed by atoms with Crippen LogP contribution in [0.5, 0.6) is 0 Å². The lowest BCUT2D eigenvalue weighted by atomic mass is 10.7. The van der Waals surface area contributed by atoms with Gasteiger partial charge in [-0.2, -0.15) is 5.26 Å². The maximum atomic E-state index is 7.51. The fourth-order valence-electron chi connectivity index (χ4n) is 0. The van der Waals surface area contributed by atoms with Gasteiger partial charge in [0.1, 0.15) is 0 Å². The first-order valence-electron chi connectivity index (χ1n) is 2.15. The maximum absolute atomic E-state index is 7.51. The van der Waals surface area contributed by atoms with Crippen LogP contribution in [0.15, 0.2) is 25.3 Å². The summed E-state index contributed by atoms with van der Waals surface area (Å²) >= 11 is 0. The van der Waals surface area contributed by atoms with E-state index in [1.54, 1.807) is 12.1 Å². The van der Waals surface area contributed by atoms with Gasteiger partial charge in [-0.25, -0.2) is 0 Å². The molecular formula is C6H10N2. The standard InChI is InChI=1S/C3H7N.C3H3N/c2*1-2-3-4/h2H,1,3-4H2;2H,1H2. The van der Waals surface area contributed by atoms with Crippen LogP contribution >= 0.6 is 0 Å². The number of rotatable bonds is 1. The third-order valence-electron chi connectivity index (χ3n) is 0.258. The minimum atomic E-state index is 0.583. The van der Waals surface area contributed by atoms with Crippen LogP contribution < -0.4 is 5.73 Å². The van der Waals surface area contributed by atoms with E-state index in [9.17, 15) is 0 Å². The summed E-state index contributed by atoms with van der Waals surface area (Å²) in [6.07, 6.45) is 2.83. The van der Waals surface area contributed by atoms with Gasteiger partial charge in [0, 0.05) is 12.6 Å². The maximum Gasteiger partial charge on any atom is 0.0905 e. The Balaban J connectivity index is 0. The van der Waals surface area contributed by atoms with Crippen molar-refractivity contribution >= 4 is 0 Å². The van der Waals surface area contributed by atoms with Crippen molar-refractivity contribution in [1.29, 1.82) is 5.26 Å². The highest BCUT2D eigenvalue weighted by atomic mass is 14.5. The molecule has 0 saturated carbocycles. The summed E-state index contributed by atoms with van der Waals surface area (Å²) in [5.74, 6) is 0. The Morgan fingerprint density at radius 1 is 1.62 bits per heavy atom. The first-order valence-corrected chi connectivity index (χ1v) is 2.15. The highest BCUT2D eigenvalue weighted by Crippen LogP contribution is 1.41. The Kier molecular flexibility index (Phi) is 21.0. The number of allylic oxidation sites excluding steroid dienone is 1. The smallest absolute Gasteiger partial charge is 0.0905 e. The molecule has 0 aliphatic rings. The van der Waals surface area contributed by atoms with Crippen molar-refractivity contribution in [3.63, 3.8) is 0 Å². The van der Waals surface area contributed by atoms with Gasteiger partial charge in [0.05, 0.1) is 6.07 Å². The van der Waals surface area contributed by atoms with Crippen LogP contribution in [0.2, 0.25) is 0 Å². The molecule has 44 valence electrons. The summed E-state index contributed by atoms with van der Waals surface area (Å²) in [5.41, 5.74) is 4.91. The van der Waals surface area contributed by atoms with Crippen molar-refractivity contribution < 1.29 is 0 Å². The molecule has 0 rings (SSSR count). The van der Waals surface area contributed by atoms with E-state index in [1.165, 1.54) is 6.08 Å². The fraction of sp³-hybridized carbons (Fsp3) is 0.167. The third-order valence-corrected chi connectivity index (χ3v) is 0.258. The van der Waals surface area contributed by atoms with E-state index in [-0.39, 0.29) is 0 Å². The average Bonchev–Trinajstić information content (AvgIpc) is 1.88. The molecule has 0 aliphatic heterocycles. The predicted molar refractivity (Wildman–Crippen MR) is 35.1 cm³/mol. The lowest BCUT2D eigenvalue weighted by molar-refractivity contribution is 1.26. The minimum Gasteiger partial charge on any atom is -0.327 e. The summed E-state index contributed by atoms with van der Waals surface area (Å²) in [4.78, 5) is 0.